The molecule has 0 saturated heterocycles. The Balaban J connectivity index is 1.69. The van der Waals surface area contributed by atoms with E-state index in [2.05, 4.69) is 15.4 Å². The second kappa shape index (κ2) is 6.82. The molecule has 1 saturated carbocycles. The molecule has 1 N–H and O–H groups in total. The van der Waals surface area contributed by atoms with Crippen LogP contribution in [0.3, 0.4) is 0 Å². The summed E-state index contributed by atoms with van der Waals surface area (Å²) in [5.74, 6) is -0.757. The van der Waals surface area contributed by atoms with Gasteiger partial charge in [-0.05, 0) is 44.4 Å². The molecule has 0 bridgehead atoms. The van der Waals surface area contributed by atoms with Gasteiger partial charge < -0.3 is 5.32 Å². The topological polar surface area (TPSA) is 76.4 Å². The number of nitrogens with one attached hydrogen (secondary N) is 1. The van der Waals surface area contributed by atoms with Crippen LogP contribution in [0.1, 0.15) is 64.7 Å². The molecule has 0 aliphatic heterocycles. The highest BCUT2D eigenvalue weighted by atomic mass is 19.1. The summed E-state index contributed by atoms with van der Waals surface area (Å²) < 4.78 is 15.3. The summed E-state index contributed by atoms with van der Waals surface area (Å²) in [6.45, 7) is 3.24. The van der Waals surface area contributed by atoms with Crippen LogP contribution in [0, 0.1) is 12.7 Å². The zero-order valence-corrected chi connectivity index (χ0v) is 15.8. The smallest absolute Gasteiger partial charge is 0.272 e. The Morgan fingerprint density at radius 3 is 2.64 bits per heavy atom. The number of amides is 1. The molecule has 144 valence electrons. The fourth-order valence-corrected chi connectivity index (χ4v) is 4.04. The molecule has 0 radical (unpaired) electrons. The first-order valence-electron chi connectivity index (χ1n) is 9.34. The van der Waals surface area contributed by atoms with E-state index in [1.165, 1.54) is 29.8 Å². The molecule has 1 fully saturated rings. The van der Waals surface area contributed by atoms with Crippen molar-refractivity contribution in [2.45, 2.75) is 45.1 Å². The molecule has 2 aromatic heterocycles. The van der Waals surface area contributed by atoms with Crippen molar-refractivity contribution in [1.29, 1.82) is 0 Å². The third-order valence-corrected chi connectivity index (χ3v) is 5.52. The van der Waals surface area contributed by atoms with E-state index in [1.54, 1.807) is 19.1 Å². The largest absolute Gasteiger partial charge is 0.341 e. The second-order valence-electron chi connectivity index (χ2n) is 7.37. The van der Waals surface area contributed by atoms with E-state index < -0.39 is 5.54 Å². The van der Waals surface area contributed by atoms with Gasteiger partial charge in [-0.15, -0.1) is 0 Å². The summed E-state index contributed by atoms with van der Waals surface area (Å²) in [5, 5.41) is 7.45. The molecule has 0 spiro atoms. The summed E-state index contributed by atoms with van der Waals surface area (Å²) in [6, 6.07) is 8.00. The molecule has 4 rings (SSSR count). The van der Waals surface area contributed by atoms with Crippen LogP contribution < -0.4 is 5.32 Å². The van der Waals surface area contributed by atoms with E-state index >= 15 is 0 Å². The second-order valence-corrected chi connectivity index (χ2v) is 7.37. The Labute approximate surface area is 161 Å². The minimum atomic E-state index is -0.595. The Morgan fingerprint density at radius 2 is 1.96 bits per heavy atom. The highest BCUT2D eigenvalue weighted by Gasteiger charge is 2.38. The molecule has 2 heterocycles. The number of hydrogen-bond donors (Lipinski definition) is 1. The molecule has 1 aliphatic carbocycles. The third-order valence-electron chi connectivity index (χ3n) is 5.52. The van der Waals surface area contributed by atoms with Gasteiger partial charge in [0.1, 0.15) is 5.82 Å². The van der Waals surface area contributed by atoms with Crippen LogP contribution in [0.4, 0.5) is 4.39 Å². The number of nitrogens with zero attached hydrogens (tertiary/aromatic N) is 3. The first-order valence-corrected chi connectivity index (χ1v) is 9.34. The normalized spacial score (nSPS) is 15.7. The lowest BCUT2D eigenvalue weighted by Gasteiger charge is -2.30. The van der Waals surface area contributed by atoms with Crippen LogP contribution in [-0.4, -0.2) is 26.3 Å². The van der Waals surface area contributed by atoms with Crippen LogP contribution in [0.25, 0.3) is 5.65 Å². The van der Waals surface area contributed by atoms with Gasteiger partial charge in [0.15, 0.2) is 17.1 Å². The number of aromatic nitrogens is 3. The van der Waals surface area contributed by atoms with Crippen molar-refractivity contribution in [3.8, 4) is 0 Å². The molecular weight excluding hydrogens is 359 g/mol. The van der Waals surface area contributed by atoms with Gasteiger partial charge in [-0.3, -0.25) is 9.59 Å². The zero-order valence-electron chi connectivity index (χ0n) is 15.8. The number of ketones is 1. The maximum Gasteiger partial charge on any atom is 0.272 e. The highest BCUT2D eigenvalue weighted by Crippen LogP contribution is 2.39. The molecule has 1 amide bonds. The van der Waals surface area contributed by atoms with Crippen molar-refractivity contribution >= 4 is 17.3 Å². The standard InChI is InChI=1S/C21H21FN4O2/c1-13-17(14(2)27)12-23-19-11-18(25-26(13)19)20(28)24-21(8-3-4-9-21)15-6-5-7-16(22)10-15/h5-7,10-12H,3-4,8-9H2,1-2H3,(H,24,28). The summed E-state index contributed by atoms with van der Waals surface area (Å²) >= 11 is 0. The van der Waals surface area contributed by atoms with Crippen LogP contribution in [0.2, 0.25) is 0 Å². The quantitative estimate of drug-likeness (QED) is 0.702. The lowest BCUT2D eigenvalue weighted by atomic mass is 9.88. The molecule has 3 aromatic rings. The van der Waals surface area contributed by atoms with E-state index in [-0.39, 0.29) is 23.2 Å². The summed E-state index contributed by atoms with van der Waals surface area (Å²) in [7, 11) is 0. The van der Waals surface area contributed by atoms with Gasteiger partial charge in [0.05, 0.1) is 16.8 Å². The van der Waals surface area contributed by atoms with Crippen LogP contribution >= 0.6 is 0 Å². The lowest BCUT2D eigenvalue weighted by molar-refractivity contribution is 0.0892. The van der Waals surface area contributed by atoms with Crippen molar-refractivity contribution in [2.75, 3.05) is 0 Å². The van der Waals surface area contributed by atoms with Crippen molar-refractivity contribution in [3.63, 3.8) is 0 Å². The monoisotopic (exact) mass is 380 g/mol. The van der Waals surface area contributed by atoms with Gasteiger partial charge in [-0.2, -0.15) is 5.10 Å². The van der Waals surface area contributed by atoms with Gasteiger partial charge in [-0.1, -0.05) is 25.0 Å². The molecule has 1 aromatic carbocycles. The van der Waals surface area contributed by atoms with Crippen LogP contribution in [0.15, 0.2) is 36.5 Å². The lowest BCUT2D eigenvalue weighted by Crippen LogP contribution is -2.44. The molecule has 28 heavy (non-hydrogen) atoms. The average Bonchev–Trinajstić information content (AvgIpc) is 3.30. The number of carbonyl (C=O) groups is 2. The average molecular weight is 380 g/mol. The van der Waals surface area contributed by atoms with Gasteiger partial charge >= 0.3 is 0 Å². The minimum Gasteiger partial charge on any atom is -0.341 e. The predicted octanol–water partition coefficient (Wildman–Crippen LogP) is 3.58. The number of fused-ring (bicyclic) bond motifs is 1. The molecular formula is C21H21FN4O2. The van der Waals surface area contributed by atoms with Crippen molar-refractivity contribution in [3.05, 3.63) is 64.9 Å². The summed E-state index contributed by atoms with van der Waals surface area (Å²) in [6.07, 6.45) is 4.93. The zero-order chi connectivity index (χ0) is 19.9. The number of aryl methyl sites for hydroxylation is 1. The number of benzene rings is 1. The SMILES string of the molecule is CC(=O)c1cnc2cc(C(=O)NC3(c4cccc(F)c4)CCCC3)nn2c1C. The first-order chi connectivity index (χ1) is 13.4. The van der Waals surface area contributed by atoms with Crippen molar-refractivity contribution in [1.82, 2.24) is 19.9 Å². The Kier molecular flexibility index (Phi) is 4.45. The number of rotatable bonds is 4. The first kappa shape index (κ1) is 18.3. The minimum absolute atomic E-state index is 0.107. The van der Waals surface area contributed by atoms with Gasteiger partial charge in [0, 0.05) is 12.3 Å². The van der Waals surface area contributed by atoms with E-state index in [0.29, 0.717) is 16.9 Å². The van der Waals surface area contributed by atoms with E-state index in [4.69, 9.17) is 0 Å². The number of halogens is 1. The third kappa shape index (κ3) is 3.06. The molecule has 1 aliphatic rings. The highest BCUT2D eigenvalue weighted by molar-refractivity contribution is 5.96. The van der Waals surface area contributed by atoms with Crippen molar-refractivity contribution in [2.24, 2.45) is 0 Å². The molecule has 0 atom stereocenters. The fourth-order valence-electron chi connectivity index (χ4n) is 4.04. The molecule has 6 nitrogen and oxygen atoms in total. The van der Waals surface area contributed by atoms with Crippen LogP contribution in [0.5, 0.6) is 0 Å². The Hall–Kier alpha value is -3.09. The maximum atomic E-state index is 13.8. The summed E-state index contributed by atoms with van der Waals surface area (Å²) in [5.41, 5.74) is 2.00. The Morgan fingerprint density at radius 1 is 1.21 bits per heavy atom. The number of Topliss-reactive ketones (excluding diaryl/α,β-unsaturated/α-hetero) is 1. The maximum absolute atomic E-state index is 13.8. The van der Waals surface area contributed by atoms with Crippen molar-refractivity contribution < 1.29 is 14.0 Å². The number of carbonyl (C=O) groups excluding carboxylic acids is 2. The predicted molar refractivity (Wildman–Crippen MR) is 102 cm³/mol. The fraction of sp³-hybridized carbons (Fsp3) is 0.333. The summed E-state index contributed by atoms with van der Waals surface area (Å²) in [4.78, 5) is 28.9. The van der Waals surface area contributed by atoms with Gasteiger partial charge in [0.25, 0.3) is 5.91 Å². The van der Waals surface area contributed by atoms with E-state index in [0.717, 1.165) is 31.2 Å². The van der Waals surface area contributed by atoms with E-state index in [9.17, 15) is 14.0 Å². The van der Waals surface area contributed by atoms with E-state index in [1.807, 2.05) is 6.07 Å². The van der Waals surface area contributed by atoms with Crippen LogP contribution in [-0.2, 0) is 5.54 Å². The molecule has 7 heteroatoms. The number of hydrogen-bond acceptors (Lipinski definition) is 4. The Bertz CT molecular complexity index is 1080. The van der Waals surface area contributed by atoms with Gasteiger partial charge in [-0.25, -0.2) is 13.9 Å². The van der Waals surface area contributed by atoms with Gasteiger partial charge in [0.2, 0.25) is 0 Å². The molecule has 0 unspecified atom stereocenters.